The summed E-state index contributed by atoms with van der Waals surface area (Å²) in [5.74, 6) is 1.50. The summed E-state index contributed by atoms with van der Waals surface area (Å²) < 4.78 is 10.8. The Morgan fingerprint density at radius 2 is 1.79 bits per heavy atom. The van der Waals surface area contributed by atoms with Crippen LogP contribution in [0.4, 0.5) is 0 Å². The van der Waals surface area contributed by atoms with Crippen LogP contribution in [0.25, 0.3) is 22.2 Å². The minimum atomic E-state index is 0.101. The van der Waals surface area contributed by atoms with Gasteiger partial charge in [0.25, 0.3) is 5.91 Å². The topological polar surface area (TPSA) is 66.6 Å². The number of nitrogens with one attached hydrogen (secondary N) is 2. The lowest BCUT2D eigenvalue weighted by molar-refractivity contribution is 0.0736. The predicted octanol–water partition coefficient (Wildman–Crippen LogP) is 3.46. The van der Waals surface area contributed by atoms with Crippen molar-refractivity contribution in [2.45, 2.75) is 13.3 Å². The molecule has 0 saturated carbocycles. The van der Waals surface area contributed by atoms with Gasteiger partial charge in [0.2, 0.25) is 0 Å². The van der Waals surface area contributed by atoms with Gasteiger partial charge in [-0.15, -0.1) is 0 Å². The number of rotatable bonds is 5. The number of amides is 1. The highest BCUT2D eigenvalue weighted by atomic mass is 16.5. The Labute approximate surface area is 170 Å². The zero-order chi connectivity index (χ0) is 20.4. The monoisotopic (exact) mass is 393 g/mol. The van der Waals surface area contributed by atoms with E-state index >= 15 is 0 Å². The third-order valence-corrected chi connectivity index (χ3v) is 5.58. The molecule has 1 fully saturated rings. The first kappa shape index (κ1) is 19.3. The minimum absolute atomic E-state index is 0.101. The number of nitrogens with zero attached hydrogens (tertiary/aromatic N) is 1. The van der Waals surface area contributed by atoms with Crippen LogP contribution in [0.15, 0.2) is 36.4 Å². The van der Waals surface area contributed by atoms with E-state index in [1.165, 1.54) is 5.56 Å². The number of carbonyl (C=O) groups excluding carboxylic acids is 1. The van der Waals surface area contributed by atoms with Crippen LogP contribution in [0, 0.1) is 0 Å². The van der Waals surface area contributed by atoms with Gasteiger partial charge in [0, 0.05) is 53.9 Å². The van der Waals surface area contributed by atoms with Gasteiger partial charge < -0.3 is 24.7 Å². The summed E-state index contributed by atoms with van der Waals surface area (Å²) in [5, 5.41) is 4.39. The summed E-state index contributed by atoms with van der Waals surface area (Å²) in [6.45, 7) is 5.34. The first-order valence-electron chi connectivity index (χ1n) is 10.0. The van der Waals surface area contributed by atoms with Crippen LogP contribution < -0.4 is 14.8 Å². The number of piperazine rings is 1. The molecule has 2 aromatic carbocycles. The van der Waals surface area contributed by atoms with Gasteiger partial charge in [-0.25, -0.2) is 0 Å². The lowest BCUT2D eigenvalue weighted by Gasteiger charge is -2.27. The van der Waals surface area contributed by atoms with Crippen LogP contribution >= 0.6 is 0 Å². The second-order valence-electron chi connectivity index (χ2n) is 7.20. The zero-order valence-electron chi connectivity index (χ0n) is 17.2. The van der Waals surface area contributed by atoms with Crippen LogP contribution in [-0.2, 0) is 6.42 Å². The average molecular weight is 393 g/mol. The minimum Gasteiger partial charge on any atom is -0.493 e. The predicted molar refractivity (Wildman–Crippen MR) is 115 cm³/mol. The molecule has 0 radical (unpaired) electrons. The number of hydrogen-bond donors (Lipinski definition) is 2. The summed E-state index contributed by atoms with van der Waals surface area (Å²) in [4.78, 5) is 18.4. The summed E-state index contributed by atoms with van der Waals surface area (Å²) in [6, 6.07) is 11.9. The first-order chi connectivity index (χ1) is 14.2. The number of aromatic amines is 1. The molecule has 0 bridgehead atoms. The summed E-state index contributed by atoms with van der Waals surface area (Å²) >= 11 is 0. The van der Waals surface area contributed by atoms with Gasteiger partial charge in [0.05, 0.1) is 14.2 Å². The van der Waals surface area contributed by atoms with Crippen molar-refractivity contribution in [1.82, 2.24) is 15.2 Å². The number of aromatic nitrogens is 1. The number of fused-ring (bicyclic) bond motifs is 1. The number of aryl methyl sites for hydroxylation is 1. The van der Waals surface area contributed by atoms with E-state index in [0.29, 0.717) is 11.5 Å². The highest BCUT2D eigenvalue weighted by molar-refractivity contribution is 6.00. The van der Waals surface area contributed by atoms with Gasteiger partial charge in [0.1, 0.15) is 0 Å². The third-order valence-electron chi connectivity index (χ3n) is 5.58. The van der Waals surface area contributed by atoms with E-state index in [0.717, 1.165) is 60.3 Å². The van der Waals surface area contributed by atoms with Gasteiger partial charge >= 0.3 is 0 Å². The molecule has 1 aromatic heterocycles. The molecule has 3 aromatic rings. The van der Waals surface area contributed by atoms with Crippen molar-refractivity contribution in [3.63, 3.8) is 0 Å². The van der Waals surface area contributed by atoms with Gasteiger partial charge in [-0.2, -0.15) is 0 Å². The lowest BCUT2D eigenvalue weighted by atomic mass is 10.0. The molecule has 0 spiro atoms. The van der Waals surface area contributed by atoms with Crippen LogP contribution in [-0.4, -0.2) is 56.2 Å². The fourth-order valence-electron chi connectivity index (χ4n) is 4.04. The van der Waals surface area contributed by atoms with Crippen molar-refractivity contribution in [1.29, 1.82) is 0 Å². The van der Waals surface area contributed by atoms with Crippen molar-refractivity contribution < 1.29 is 14.3 Å². The summed E-state index contributed by atoms with van der Waals surface area (Å²) in [7, 11) is 3.27. The molecule has 2 heterocycles. The fourth-order valence-corrected chi connectivity index (χ4v) is 4.04. The zero-order valence-corrected chi connectivity index (χ0v) is 17.2. The highest BCUT2D eigenvalue weighted by Gasteiger charge is 2.20. The Morgan fingerprint density at radius 1 is 1.03 bits per heavy atom. The van der Waals surface area contributed by atoms with Gasteiger partial charge in [-0.3, -0.25) is 4.79 Å². The lowest BCUT2D eigenvalue weighted by Crippen LogP contribution is -2.46. The Morgan fingerprint density at radius 3 is 2.48 bits per heavy atom. The standard InChI is InChI=1S/C23H27N3O3/c1-4-17-18-13-16(23(27)26-11-9-24-10-12-26)5-7-19(18)25-22(17)15-6-8-20(28-2)21(14-15)29-3/h5-8,13-14,24-25H,4,9-12H2,1-3H3. The maximum absolute atomic E-state index is 12.9. The number of H-pyrrole nitrogens is 1. The highest BCUT2D eigenvalue weighted by Crippen LogP contribution is 2.36. The number of carbonyl (C=O) groups is 1. The Bertz CT molecular complexity index is 1040. The van der Waals surface area contributed by atoms with Crippen molar-refractivity contribution in [3.8, 4) is 22.8 Å². The first-order valence-corrected chi connectivity index (χ1v) is 10.0. The second-order valence-corrected chi connectivity index (χ2v) is 7.20. The van der Waals surface area contributed by atoms with Crippen LogP contribution in [0.1, 0.15) is 22.8 Å². The molecular formula is C23H27N3O3. The molecule has 6 nitrogen and oxygen atoms in total. The van der Waals surface area contributed by atoms with E-state index in [4.69, 9.17) is 9.47 Å². The number of ether oxygens (including phenoxy) is 2. The van der Waals surface area contributed by atoms with Crippen molar-refractivity contribution in [2.24, 2.45) is 0 Å². The SMILES string of the molecule is CCc1c(-c2ccc(OC)c(OC)c2)[nH]c2ccc(C(=O)N3CCNCC3)cc12. The fraction of sp³-hybridized carbons (Fsp3) is 0.348. The number of hydrogen-bond acceptors (Lipinski definition) is 4. The molecule has 1 aliphatic rings. The average Bonchev–Trinajstić information content (AvgIpc) is 3.16. The van der Waals surface area contributed by atoms with Crippen LogP contribution in [0.2, 0.25) is 0 Å². The molecule has 0 atom stereocenters. The van der Waals surface area contributed by atoms with Gasteiger partial charge in [-0.05, 0) is 48.4 Å². The molecule has 6 heteroatoms. The van der Waals surface area contributed by atoms with Crippen LogP contribution in [0.3, 0.4) is 0 Å². The second kappa shape index (κ2) is 8.17. The van der Waals surface area contributed by atoms with E-state index < -0.39 is 0 Å². The molecule has 29 heavy (non-hydrogen) atoms. The Balaban J connectivity index is 1.76. The maximum atomic E-state index is 12.9. The Kier molecular flexibility index (Phi) is 5.45. The number of methoxy groups -OCH3 is 2. The van der Waals surface area contributed by atoms with E-state index in [2.05, 4.69) is 17.2 Å². The van der Waals surface area contributed by atoms with E-state index in [1.807, 2.05) is 41.3 Å². The number of benzene rings is 2. The largest absolute Gasteiger partial charge is 0.493 e. The van der Waals surface area contributed by atoms with E-state index in [1.54, 1.807) is 14.2 Å². The Hall–Kier alpha value is -2.99. The molecule has 0 unspecified atom stereocenters. The van der Waals surface area contributed by atoms with Crippen molar-refractivity contribution in [2.75, 3.05) is 40.4 Å². The molecule has 2 N–H and O–H groups in total. The molecule has 1 aliphatic heterocycles. The normalized spacial score (nSPS) is 14.2. The van der Waals surface area contributed by atoms with Crippen LogP contribution in [0.5, 0.6) is 11.5 Å². The van der Waals surface area contributed by atoms with Crippen molar-refractivity contribution >= 4 is 16.8 Å². The molecule has 1 amide bonds. The third kappa shape index (κ3) is 3.56. The quantitative estimate of drug-likeness (QED) is 0.697. The molecule has 0 aliphatic carbocycles. The molecular weight excluding hydrogens is 366 g/mol. The van der Waals surface area contributed by atoms with E-state index in [-0.39, 0.29) is 5.91 Å². The molecule has 152 valence electrons. The summed E-state index contributed by atoms with van der Waals surface area (Å²) in [5.41, 5.74) is 5.05. The molecule has 1 saturated heterocycles. The smallest absolute Gasteiger partial charge is 0.253 e. The maximum Gasteiger partial charge on any atom is 0.253 e. The molecule has 4 rings (SSSR count). The van der Waals surface area contributed by atoms with Crippen molar-refractivity contribution in [3.05, 3.63) is 47.5 Å². The summed E-state index contributed by atoms with van der Waals surface area (Å²) in [6.07, 6.45) is 0.856. The van der Waals surface area contributed by atoms with Gasteiger partial charge in [0.15, 0.2) is 11.5 Å². The van der Waals surface area contributed by atoms with Gasteiger partial charge in [-0.1, -0.05) is 6.92 Å². The van der Waals surface area contributed by atoms with E-state index in [9.17, 15) is 4.79 Å².